The van der Waals surface area contributed by atoms with E-state index in [4.69, 9.17) is 5.11 Å². The molecule has 1 saturated heterocycles. The molecule has 0 saturated carbocycles. The molecule has 1 rings (SSSR count). The molecule has 0 aromatic heterocycles. The fourth-order valence-corrected chi connectivity index (χ4v) is 3.07. The van der Waals surface area contributed by atoms with Crippen LogP contribution in [-0.2, 0) is 14.4 Å². The summed E-state index contributed by atoms with van der Waals surface area (Å²) in [5.74, 6) is -1.19. The van der Waals surface area contributed by atoms with Gasteiger partial charge in [-0.05, 0) is 6.42 Å². The van der Waals surface area contributed by atoms with E-state index in [9.17, 15) is 14.4 Å². The van der Waals surface area contributed by atoms with Crippen LogP contribution < -0.4 is 0 Å². The second kappa shape index (κ2) is 6.05. The number of hydrogen-bond donors (Lipinski definition) is 1. The molecule has 1 aliphatic rings. The Morgan fingerprint density at radius 2 is 2.24 bits per heavy atom. The number of carbonyl (C=O) groups is 3. The highest BCUT2D eigenvalue weighted by Crippen LogP contribution is 2.29. The van der Waals surface area contributed by atoms with Gasteiger partial charge in [-0.1, -0.05) is 13.8 Å². The Labute approximate surface area is 105 Å². The van der Waals surface area contributed by atoms with E-state index in [0.717, 1.165) is 6.42 Å². The Kier molecular flexibility index (Phi) is 4.99. The van der Waals surface area contributed by atoms with Gasteiger partial charge in [0.15, 0.2) is 0 Å². The van der Waals surface area contributed by atoms with Gasteiger partial charge in [0.1, 0.15) is 0 Å². The normalized spacial score (nSPS) is 22.0. The second-order valence-electron chi connectivity index (χ2n) is 4.12. The topological polar surface area (TPSA) is 74.7 Å². The van der Waals surface area contributed by atoms with Crippen LogP contribution in [0.5, 0.6) is 0 Å². The molecule has 0 aromatic carbocycles. The number of carboxylic acid groups (broad SMARTS) is 1. The average molecular weight is 259 g/mol. The number of thioether (sulfide) groups is 1. The monoisotopic (exact) mass is 259 g/mol. The molecule has 2 unspecified atom stereocenters. The second-order valence-corrected chi connectivity index (χ2v) is 5.77. The molecule has 0 aliphatic carbocycles. The Morgan fingerprint density at radius 1 is 1.59 bits per heavy atom. The Hall–Kier alpha value is -1.04. The molecule has 0 aromatic rings. The number of aliphatic carboxylic acids is 1. The minimum Gasteiger partial charge on any atom is -0.481 e. The highest BCUT2D eigenvalue weighted by atomic mass is 32.2. The average Bonchev–Trinajstić information content (AvgIpc) is 2.45. The van der Waals surface area contributed by atoms with Crippen molar-refractivity contribution in [3.05, 3.63) is 0 Å². The largest absolute Gasteiger partial charge is 0.481 e. The summed E-state index contributed by atoms with van der Waals surface area (Å²) < 4.78 is 0. The van der Waals surface area contributed by atoms with E-state index in [1.807, 2.05) is 6.92 Å². The van der Waals surface area contributed by atoms with E-state index in [2.05, 4.69) is 0 Å². The summed E-state index contributed by atoms with van der Waals surface area (Å²) in [6.07, 6.45) is 0.962. The quantitative estimate of drug-likeness (QED) is 0.723. The van der Waals surface area contributed by atoms with Crippen molar-refractivity contribution in [1.29, 1.82) is 0 Å². The van der Waals surface area contributed by atoms with Crippen LogP contribution >= 0.6 is 11.8 Å². The SMILES string of the molecule is CCCN1C(=O)CC(SC(C)CC(=O)O)C1=O. The highest BCUT2D eigenvalue weighted by Gasteiger charge is 2.39. The van der Waals surface area contributed by atoms with Gasteiger partial charge in [0.05, 0.1) is 11.7 Å². The summed E-state index contributed by atoms with van der Waals surface area (Å²) in [7, 11) is 0. The predicted octanol–water partition coefficient (Wildman–Crippen LogP) is 1.12. The maximum absolute atomic E-state index is 11.9. The predicted molar refractivity (Wildman–Crippen MR) is 64.7 cm³/mol. The first-order chi connectivity index (χ1) is 7.95. The van der Waals surface area contributed by atoms with Crippen LogP contribution in [0.25, 0.3) is 0 Å². The van der Waals surface area contributed by atoms with Crippen molar-refractivity contribution in [3.8, 4) is 0 Å². The van der Waals surface area contributed by atoms with Crippen LogP contribution in [0.1, 0.15) is 33.1 Å². The van der Waals surface area contributed by atoms with E-state index < -0.39 is 11.2 Å². The fourth-order valence-electron chi connectivity index (χ4n) is 1.79. The molecule has 6 heteroatoms. The molecule has 0 radical (unpaired) electrons. The van der Waals surface area contributed by atoms with Gasteiger partial charge in [0.2, 0.25) is 11.8 Å². The first kappa shape index (κ1) is 14.0. The summed E-state index contributed by atoms with van der Waals surface area (Å²) in [5, 5.41) is 8.08. The zero-order chi connectivity index (χ0) is 13.0. The van der Waals surface area contributed by atoms with Crippen LogP contribution in [-0.4, -0.2) is 44.8 Å². The molecule has 1 N–H and O–H groups in total. The molecule has 2 amide bonds. The molecular formula is C11H17NO4S. The standard InChI is InChI=1S/C11H17NO4S/c1-3-4-12-9(13)6-8(11(12)16)17-7(2)5-10(14)15/h7-8H,3-6H2,1-2H3,(H,14,15). The Morgan fingerprint density at radius 3 is 2.76 bits per heavy atom. The van der Waals surface area contributed by atoms with Crippen molar-refractivity contribution < 1.29 is 19.5 Å². The number of nitrogens with zero attached hydrogens (tertiary/aromatic N) is 1. The van der Waals surface area contributed by atoms with Crippen molar-refractivity contribution in [3.63, 3.8) is 0 Å². The summed E-state index contributed by atoms with van der Waals surface area (Å²) in [4.78, 5) is 35.2. The smallest absolute Gasteiger partial charge is 0.304 e. The van der Waals surface area contributed by atoms with E-state index >= 15 is 0 Å². The molecule has 5 nitrogen and oxygen atoms in total. The van der Waals surface area contributed by atoms with Gasteiger partial charge in [0.25, 0.3) is 0 Å². The number of hydrogen-bond acceptors (Lipinski definition) is 4. The van der Waals surface area contributed by atoms with Crippen LogP contribution in [0, 0.1) is 0 Å². The molecule has 0 bridgehead atoms. The van der Waals surface area contributed by atoms with Gasteiger partial charge in [-0.3, -0.25) is 19.3 Å². The minimum absolute atomic E-state index is 0.0103. The van der Waals surface area contributed by atoms with Crippen LogP contribution in [0.4, 0.5) is 0 Å². The van der Waals surface area contributed by atoms with Gasteiger partial charge in [-0.2, -0.15) is 0 Å². The number of imide groups is 1. The zero-order valence-electron chi connectivity index (χ0n) is 10.0. The number of carbonyl (C=O) groups excluding carboxylic acids is 2. The third kappa shape index (κ3) is 3.73. The lowest BCUT2D eigenvalue weighted by atomic mass is 10.3. The van der Waals surface area contributed by atoms with Gasteiger partial charge >= 0.3 is 5.97 Å². The third-order valence-electron chi connectivity index (χ3n) is 2.51. The molecule has 1 fully saturated rings. The molecule has 1 heterocycles. The summed E-state index contributed by atoms with van der Waals surface area (Å²) >= 11 is 1.28. The van der Waals surface area contributed by atoms with Gasteiger partial charge in [-0.25, -0.2) is 0 Å². The maximum atomic E-state index is 11.9. The third-order valence-corrected chi connectivity index (χ3v) is 3.84. The van der Waals surface area contributed by atoms with Crippen molar-refractivity contribution in [1.82, 2.24) is 4.90 Å². The molecule has 1 aliphatic heterocycles. The number of likely N-dealkylation sites (tertiary alicyclic amines) is 1. The molecule has 96 valence electrons. The van der Waals surface area contributed by atoms with E-state index in [1.165, 1.54) is 16.7 Å². The Bertz CT molecular complexity index is 331. The van der Waals surface area contributed by atoms with Gasteiger partial charge < -0.3 is 5.11 Å². The minimum atomic E-state index is -0.882. The van der Waals surface area contributed by atoms with E-state index in [1.54, 1.807) is 6.92 Å². The van der Waals surface area contributed by atoms with Gasteiger partial charge in [0, 0.05) is 18.2 Å². The summed E-state index contributed by atoms with van der Waals surface area (Å²) in [6.45, 7) is 4.13. The molecule has 0 spiro atoms. The van der Waals surface area contributed by atoms with Crippen LogP contribution in [0.3, 0.4) is 0 Å². The molecule has 2 atom stereocenters. The van der Waals surface area contributed by atoms with Crippen molar-refractivity contribution in [2.75, 3.05) is 6.54 Å². The van der Waals surface area contributed by atoms with Crippen molar-refractivity contribution >= 4 is 29.5 Å². The van der Waals surface area contributed by atoms with Crippen LogP contribution in [0.2, 0.25) is 0 Å². The lowest BCUT2D eigenvalue weighted by Gasteiger charge is -2.15. The maximum Gasteiger partial charge on any atom is 0.304 e. The van der Waals surface area contributed by atoms with Gasteiger partial charge in [-0.15, -0.1) is 11.8 Å². The summed E-state index contributed by atoms with van der Waals surface area (Å²) in [6, 6.07) is 0. The van der Waals surface area contributed by atoms with E-state index in [0.29, 0.717) is 6.54 Å². The lowest BCUT2D eigenvalue weighted by Crippen LogP contribution is -2.32. The lowest BCUT2D eigenvalue weighted by molar-refractivity contribution is -0.139. The Balaban J connectivity index is 2.54. The molecular weight excluding hydrogens is 242 g/mol. The zero-order valence-corrected chi connectivity index (χ0v) is 10.8. The first-order valence-corrected chi connectivity index (χ1v) is 6.61. The number of carboxylic acids is 1. The van der Waals surface area contributed by atoms with E-state index in [-0.39, 0.29) is 29.9 Å². The van der Waals surface area contributed by atoms with Crippen LogP contribution in [0.15, 0.2) is 0 Å². The molecule has 17 heavy (non-hydrogen) atoms. The summed E-state index contributed by atoms with van der Waals surface area (Å²) in [5.41, 5.74) is 0. The number of rotatable bonds is 6. The number of amides is 2. The van der Waals surface area contributed by atoms with Crippen molar-refractivity contribution in [2.45, 2.75) is 43.6 Å². The first-order valence-electron chi connectivity index (χ1n) is 5.67. The van der Waals surface area contributed by atoms with Crippen molar-refractivity contribution in [2.24, 2.45) is 0 Å². The highest BCUT2D eigenvalue weighted by molar-refractivity contribution is 8.01. The fraction of sp³-hybridized carbons (Fsp3) is 0.727.